The number of hydrogen-bond acceptors (Lipinski definition) is 3. The highest BCUT2D eigenvalue weighted by atomic mass is 16.5. The number of piperidine rings is 1. The molecule has 4 heteroatoms. The summed E-state index contributed by atoms with van der Waals surface area (Å²) in [6, 6.07) is 10.2. The maximum absolute atomic E-state index is 12.6. The van der Waals surface area contributed by atoms with Gasteiger partial charge < -0.3 is 14.7 Å². The fourth-order valence-corrected chi connectivity index (χ4v) is 3.48. The van der Waals surface area contributed by atoms with Gasteiger partial charge in [0.15, 0.2) is 0 Å². The highest BCUT2D eigenvalue weighted by molar-refractivity contribution is 5.85. The number of hydrogen-bond donors (Lipinski definition) is 1. The number of benzene rings is 1. The predicted molar refractivity (Wildman–Crippen MR) is 88.8 cm³/mol. The molecule has 1 saturated carbocycles. The van der Waals surface area contributed by atoms with Gasteiger partial charge in [-0.05, 0) is 44.1 Å². The van der Waals surface area contributed by atoms with Crippen LogP contribution >= 0.6 is 0 Å². The summed E-state index contributed by atoms with van der Waals surface area (Å²) < 4.78 is 5.96. The van der Waals surface area contributed by atoms with Gasteiger partial charge in [-0.1, -0.05) is 36.8 Å². The van der Waals surface area contributed by atoms with Crippen molar-refractivity contribution in [3.63, 3.8) is 0 Å². The van der Waals surface area contributed by atoms with Gasteiger partial charge in [0, 0.05) is 13.1 Å². The summed E-state index contributed by atoms with van der Waals surface area (Å²) in [6.45, 7) is 3.68. The van der Waals surface area contributed by atoms with Crippen LogP contribution in [0.25, 0.3) is 0 Å². The zero-order valence-electron chi connectivity index (χ0n) is 13.9. The summed E-state index contributed by atoms with van der Waals surface area (Å²) in [5.74, 6) is 0.0470. The third-order valence-electron chi connectivity index (χ3n) is 5.39. The molecule has 1 aliphatic heterocycles. The van der Waals surface area contributed by atoms with E-state index in [2.05, 4.69) is 12.1 Å². The summed E-state index contributed by atoms with van der Waals surface area (Å²) in [6.07, 6.45) is 4.96. The second kappa shape index (κ2) is 7.02. The molecule has 0 radical (unpaired) electrons. The quantitative estimate of drug-likeness (QED) is 0.908. The highest BCUT2D eigenvalue weighted by Gasteiger charge is 2.44. The maximum atomic E-state index is 12.6. The zero-order valence-corrected chi connectivity index (χ0v) is 13.9. The lowest BCUT2D eigenvalue weighted by molar-refractivity contribution is -0.161. The Balaban J connectivity index is 1.45. The largest absolute Gasteiger partial charge is 0.380 e. The van der Waals surface area contributed by atoms with E-state index < -0.39 is 5.60 Å². The predicted octanol–water partition coefficient (Wildman–Crippen LogP) is 2.75. The number of ether oxygens (including phenoxy) is 1. The smallest absolute Gasteiger partial charge is 0.254 e. The molecule has 0 spiro atoms. The molecule has 1 atom stereocenters. The van der Waals surface area contributed by atoms with Crippen LogP contribution in [-0.4, -0.2) is 40.7 Å². The molecule has 1 heterocycles. The Morgan fingerprint density at radius 1 is 1.22 bits per heavy atom. The van der Waals surface area contributed by atoms with Crippen LogP contribution in [0.5, 0.6) is 0 Å². The van der Waals surface area contributed by atoms with Crippen molar-refractivity contribution in [1.82, 2.24) is 4.90 Å². The number of nitrogens with zero attached hydrogens (tertiary/aromatic N) is 1. The van der Waals surface area contributed by atoms with Gasteiger partial charge in [-0.25, -0.2) is 0 Å². The van der Waals surface area contributed by atoms with E-state index in [1.165, 1.54) is 5.56 Å². The molecule has 2 fully saturated rings. The van der Waals surface area contributed by atoms with Crippen LogP contribution in [0.15, 0.2) is 30.3 Å². The van der Waals surface area contributed by atoms with Gasteiger partial charge >= 0.3 is 0 Å². The van der Waals surface area contributed by atoms with Crippen molar-refractivity contribution in [2.75, 3.05) is 13.1 Å². The van der Waals surface area contributed by atoms with Gasteiger partial charge in [0.1, 0.15) is 5.60 Å². The lowest BCUT2D eigenvalue weighted by Crippen LogP contribution is -2.55. The maximum Gasteiger partial charge on any atom is 0.254 e. The van der Waals surface area contributed by atoms with Crippen molar-refractivity contribution in [3.05, 3.63) is 35.9 Å². The Morgan fingerprint density at radius 3 is 2.43 bits per heavy atom. The fraction of sp³-hybridized carbons (Fsp3) is 0.632. The lowest BCUT2D eigenvalue weighted by Gasteiger charge is -2.42. The molecule has 1 N–H and O–H groups in total. The first-order valence-electron chi connectivity index (χ1n) is 8.74. The van der Waals surface area contributed by atoms with Gasteiger partial charge in [0.25, 0.3) is 5.91 Å². The number of likely N-dealkylation sites (tertiary alicyclic amines) is 1. The second-order valence-corrected chi connectivity index (χ2v) is 7.06. The highest BCUT2D eigenvalue weighted by Crippen LogP contribution is 2.37. The minimum Gasteiger partial charge on any atom is -0.380 e. The number of carbonyl (C=O) groups is 1. The standard InChI is InChI=1S/C19H27NO3/c1-19(22,16-8-5-9-16)18(21)20-12-10-17(11-13-20)23-14-15-6-3-2-4-7-15/h2-4,6-7,16-17,22H,5,8-14H2,1H3. The van der Waals surface area contributed by atoms with Crippen molar-refractivity contribution in [3.8, 4) is 0 Å². The summed E-state index contributed by atoms with van der Waals surface area (Å²) in [5.41, 5.74) is -0.00498. The van der Waals surface area contributed by atoms with E-state index in [9.17, 15) is 9.90 Å². The average Bonchev–Trinajstić information content (AvgIpc) is 2.51. The Bertz CT molecular complexity index is 517. The molecule has 2 aliphatic rings. The minimum atomic E-state index is -1.18. The number of aliphatic hydroxyl groups is 1. The molecule has 23 heavy (non-hydrogen) atoms. The number of rotatable bonds is 5. The molecule has 1 amide bonds. The topological polar surface area (TPSA) is 49.8 Å². The van der Waals surface area contributed by atoms with Gasteiger partial charge in [-0.3, -0.25) is 4.79 Å². The molecular formula is C19H27NO3. The zero-order chi connectivity index (χ0) is 16.3. The van der Waals surface area contributed by atoms with Crippen molar-refractivity contribution in [1.29, 1.82) is 0 Å². The molecule has 1 aromatic rings. The van der Waals surface area contributed by atoms with Crippen LogP contribution in [0.3, 0.4) is 0 Å². The molecule has 0 bridgehead atoms. The number of amides is 1. The summed E-state index contributed by atoms with van der Waals surface area (Å²) in [4.78, 5) is 14.4. The van der Waals surface area contributed by atoms with E-state index in [1.807, 2.05) is 23.1 Å². The summed E-state index contributed by atoms with van der Waals surface area (Å²) >= 11 is 0. The Hall–Kier alpha value is -1.39. The van der Waals surface area contributed by atoms with Crippen LogP contribution in [0.1, 0.15) is 44.6 Å². The second-order valence-electron chi connectivity index (χ2n) is 7.06. The Labute approximate surface area is 138 Å². The molecule has 4 nitrogen and oxygen atoms in total. The number of carbonyl (C=O) groups excluding carboxylic acids is 1. The monoisotopic (exact) mass is 317 g/mol. The normalized spacial score (nSPS) is 22.4. The van der Waals surface area contributed by atoms with E-state index >= 15 is 0 Å². The van der Waals surface area contributed by atoms with Gasteiger partial charge in [0.05, 0.1) is 12.7 Å². The third-order valence-corrected chi connectivity index (χ3v) is 5.39. The molecule has 1 unspecified atom stereocenters. The van der Waals surface area contributed by atoms with Crippen LogP contribution in [0.4, 0.5) is 0 Å². The van der Waals surface area contributed by atoms with Gasteiger partial charge in [0.2, 0.25) is 0 Å². The average molecular weight is 317 g/mol. The van der Waals surface area contributed by atoms with Crippen LogP contribution in [0, 0.1) is 5.92 Å². The molecule has 1 saturated heterocycles. The first-order valence-corrected chi connectivity index (χ1v) is 8.74. The van der Waals surface area contributed by atoms with E-state index in [4.69, 9.17) is 4.74 Å². The Morgan fingerprint density at radius 2 is 1.87 bits per heavy atom. The first-order chi connectivity index (χ1) is 11.1. The summed E-state index contributed by atoms with van der Waals surface area (Å²) in [5, 5.41) is 10.6. The minimum absolute atomic E-state index is 0.0938. The van der Waals surface area contributed by atoms with E-state index in [-0.39, 0.29) is 17.9 Å². The van der Waals surface area contributed by atoms with E-state index in [1.54, 1.807) is 6.92 Å². The summed E-state index contributed by atoms with van der Waals surface area (Å²) in [7, 11) is 0. The molecule has 1 aliphatic carbocycles. The van der Waals surface area contributed by atoms with Crippen LogP contribution in [-0.2, 0) is 16.1 Å². The lowest BCUT2D eigenvalue weighted by atomic mass is 9.73. The molecular weight excluding hydrogens is 290 g/mol. The van der Waals surface area contributed by atoms with Crippen LogP contribution < -0.4 is 0 Å². The van der Waals surface area contributed by atoms with Crippen LogP contribution in [0.2, 0.25) is 0 Å². The van der Waals surface area contributed by atoms with Crippen molar-refractivity contribution in [2.24, 2.45) is 5.92 Å². The van der Waals surface area contributed by atoms with E-state index in [0.717, 1.165) is 32.1 Å². The Kier molecular flexibility index (Phi) is 5.02. The molecule has 1 aromatic carbocycles. The molecule has 126 valence electrons. The molecule has 0 aromatic heterocycles. The molecule has 3 rings (SSSR count). The van der Waals surface area contributed by atoms with Crippen molar-refractivity contribution in [2.45, 2.75) is 57.3 Å². The first kappa shape index (κ1) is 16.5. The SMILES string of the molecule is CC(O)(C(=O)N1CCC(OCc2ccccc2)CC1)C1CCC1. The van der Waals surface area contributed by atoms with Crippen molar-refractivity contribution < 1.29 is 14.6 Å². The van der Waals surface area contributed by atoms with Gasteiger partial charge in [-0.2, -0.15) is 0 Å². The van der Waals surface area contributed by atoms with Gasteiger partial charge in [-0.15, -0.1) is 0 Å². The van der Waals surface area contributed by atoms with Crippen molar-refractivity contribution >= 4 is 5.91 Å². The third kappa shape index (κ3) is 3.75. The van der Waals surface area contributed by atoms with E-state index in [0.29, 0.717) is 19.7 Å². The fourth-order valence-electron chi connectivity index (χ4n) is 3.48.